The van der Waals surface area contributed by atoms with Crippen LogP contribution in [0.3, 0.4) is 0 Å². The molecule has 2 nitrogen and oxygen atoms in total. The maximum Gasteiger partial charge on any atom is 0.0576 e. The van der Waals surface area contributed by atoms with Crippen LogP contribution in [0.4, 0.5) is 0 Å². The molecular weight excluding hydrogens is 140 g/mol. The molecule has 0 spiro atoms. The summed E-state index contributed by atoms with van der Waals surface area (Å²) in [5.41, 5.74) is 0. The Balaban J connectivity index is 2.15. The highest BCUT2D eigenvalue weighted by Gasteiger charge is 2.23. The van der Waals surface area contributed by atoms with Gasteiger partial charge < -0.3 is 9.84 Å². The Morgan fingerprint density at radius 3 is 2.82 bits per heavy atom. The summed E-state index contributed by atoms with van der Waals surface area (Å²) in [5.74, 6) is 0.685. The van der Waals surface area contributed by atoms with Crippen molar-refractivity contribution >= 4 is 0 Å². The second-order valence-electron chi connectivity index (χ2n) is 3.55. The van der Waals surface area contributed by atoms with Gasteiger partial charge in [0.05, 0.1) is 12.2 Å². The number of hydrogen-bond donors (Lipinski definition) is 1. The molecule has 1 aliphatic heterocycles. The van der Waals surface area contributed by atoms with E-state index >= 15 is 0 Å². The molecule has 3 atom stereocenters. The van der Waals surface area contributed by atoms with Crippen LogP contribution < -0.4 is 0 Å². The van der Waals surface area contributed by atoms with E-state index in [-0.39, 0.29) is 6.10 Å². The van der Waals surface area contributed by atoms with Gasteiger partial charge in [-0.2, -0.15) is 0 Å². The summed E-state index contributed by atoms with van der Waals surface area (Å²) < 4.78 is 5.42. The molecule has 0 amide bonds. The maximum absolute atomic E-state index is 9.06. The lowest BCUT2D eigenvalue weighted by Crippen LogP contribution is -2.13. The summed E-state index contributed by atoms with van der Waals surface area (Å²) in [6, 6.07) is 0. The summed E-state index contributed by atoms with van der Waals surface area (Å²) in [7, 11) is 0. The molecule has 0 aromatic heterocycles. The lowest BCUT2D eigenvalue weighted by atomic mass is 9.96. The van der Waals surface area contributed by atoms with Crippen LogP contribution in [-0.2, 0) is 4.74 Å². The molecule has 66 valence electrons. The third-order valence-corrected chi connectivity index (χ3v) is 2.49. The van der Waals surface area contributed by atoms with Crippen molar-refractivity contribution in [1.82, 2.24) is 0 Å². The van der Waals surface area contributed by atoms with E-state index in [4.69, 9.17) is 9.84 Å². The lowest BCUT2D eigenvalue weighted by Gasteiger charge is -2.14. The molecule has 2 heteroatoms. The van der Waals surface area contributed by atoms with Crippen molar-refractivity contribution in [2.75, 3.05) is 6.61 Å². The normalized spacial score (nSPS) is 34.1. The Morgan fingerprint density at radius 2 is 2.36 bits per heavy atom. The molecule has 1 rings (SSSR count). The van der Waals surface area contributed by atoms with E-state index < -0.39 is 0 Å². The number of aliphatic hydroxyl groups excluding tert-OH is 1. The average Bonchev–Trinajstić information content (AvgIpc) is 2.31. The van der Waals surface area contributed by atoms with E-state index in [1.165, 1.54) is 6.42 Å². The summed E-state index contributed by atoms with van der Waals surface area (Å²) in [4.78, 5) is 0. The van der Waals surface area contributed by atoms with E-state index in [1.807, 2.05) is 6.92 Å². The zero-order valence-electron chi connectivity index (χ0n) is 7.42. The minimum absolute atomic E-state index is 0.150. The number of aliphatic hydroxyl groups is 1. The van der Waals surface area contributed by atoms with Gasteiger partial charge in [-0.05, 0) is 39.0 Å². The van der Waals surface area contributed by atoms with Crippen molar-refractivity contribution in [2.24, 2.45) is 5.92 Å². The molecule has 0 aromatic rings. The van der Waals surface area contributed by atoms with Gasteiger partial charge in [0.15, 0.2) is 0 Å². The van der Waals surface area contributed by atoms with E-state index in [0.717, 1.165) is 19.4 Å². The fraction of sp³-hybridized carbons (Fsp3) is 1.00. The van der Waals surface area contributed by atoms with Gasteiger partial charge in [-0.3, -0.25) is 0 Å². The lowest BCUT2D eigenvalue weighted by molar-refractivity contribution is 0.0972. The van der Waals surface area contributed by atoms with Crippen molar-refractivity contribution in [3.05, 3.63) is 0 Å². The molecule has 0 saturated carbocycles. The van der Waals surface area contributed by atoms with Crippen LogP contribution in [0.1, 0.15) is 33.1 Å². The van der Waals surface area contributed by atoms with Crippen LogP contribution in [-0.4, -0.2) is 23.9 Å². The first-order valence-corrected chi connectivity index (χ1v) is 4.50. The first-order valence-electron chi connectivity index (χ1n) is 4.50. The fourth-order valence-electron chi connectivity index (χ4n) is 1.61. The standard InChI is InChI=1S/C9H18O2/c1-7(10)3-4-9-5-6-11-8(9)2/h7-10H,3-6H2,1-2H3/t7-,8?,9?/m0/s1. The van der Waals surface area contributed by atoms with Crippen molar-refractivity contribution in [3.8, 4) is 0 Å². The van der Waals surface area contributed by atoms with Crippen molar-refractivity contribution in [3.63, 3.8) is 0 Å². The molecule has 1 aliphatic rings. The molecule has 1 saturated heterocycles. The highest BCUT2D eigenvalue weighted by atomic mass is 16.5. The first kappa shape index (κ1) is 9.01. The smallest absolute Gasteiger partial charge is 0.0576 e. The van der Waals surface area contributed by atoms with Gasteiger partial charge >= 0.3 is 0 Å². The Bertz CT molecular complexity index is 112. The molecule has 1 N–H and O–H groups in total. The van der Waals surface area contributed by atoms with Crippen LogP contribution in [0.5, 0.6) is 0 Å². The SMILES string of the molecule is CC1OCCC1CC[C@H](C)O. The molecule has 11 heavy (non-hydrogen) atoms. The first-order chi connectivity index (χ1) is 5.20. The van der Waals surface area contributed by atoms with Crippen molar-refractivity contribution < 1.29 is 9.84 Å². The Kier molecular flexibility index (Phi) is 3.34. The second-order valence-corrected chi connectivity index (χ2v) is 3.55. The number of ether oxygens (including phenoxy) is 1. The maximum atomic E-state index is 9.06. The summed E-state index contributed by atoms with van der Waals surface area (Å²) >= 11 is 0. The van der Waals surface area contributed by atoms with Gasteiger partial charge in [-0.15, -0.1) is 0 Å². The molecule has 1 heterocycles. The summed E-state index contributed by atoms with van der Waals surface area (Å²) in [5, 5.41) is 9.06. The predicted octanol–water partition coefficient (Wildman–Crippen LogP) is 1.57. The van der Waals surface area contributed by atoms with E-state index in [2.05, 4.69) is 6.92 Å². The monoisotopic (exact) mass is 158 g/mol. The van der Waals surface area contributed by atoms with Crippen LogP contribution in [0.25, 0.3) is 0 Å². The molecule has 1 fully saturated rings. The van der Waals surface area contributed by atoms with E-state index in [0.29, 0.717) is 12.0 Å². The zero-order chi connectivity index (χ0) is 8.27. The Morgan fingerprint density at radius 1 is 1.64 bits per heavy atom. The molecule has 2 unspecified atom stereocenters. The van der Waals surface area contributed by atoms with Gasteiger partial charge in [0, 0.05) is 6.61 Å². The third kappa shape index (κ3) is 2.80. The largest absolute Gasteiger partial charge is 0.393 e. The second kappa shape index (κ2) is 4.07. The minimum Gasteiger partial charge on any atom is -0.393 e. The number of hydrogen-bond acceptors (Lipinski definition) is 2. The van der Waals surface area contributed by atoms with Crippen LogP contribution in [0.15, 0.2) is 0 Å². The summed E-state index contributed by atoms with van der Waals surface area (Å²) in [6.07, 6.45) is 3.46. The molecule has 0 bridgehead atoms. The van der Waals surface area contributed by atoms with Gasteiger partial charge in [-0.25, -0.2) is 0 Å². The fourth-order valence-corrected chi connectivity index (χ4v) is 1.61. The van der Waals surface area contributed by atoms with Gasteiger partial charge in [0.1, 0.15) is 0 Å². The van der Waals surface area contributed by atoms with E-state index in [9.17, 15) is 0 Å². The van der Waals surface area contributed by atoms with Crippen molar-refractivity contribution in [1.29, 1.82) is 0 Å². The van der Waals surface area contributed by atoms with Crippen molar-refractivity contribution in [2.45, 2.75) is 45.3 Å². The number of rotatable bonds is 3. The predicted molar refractivity (Wildman–Crippen MR) is 44.4 cm³/mol. The third-order valence-electron chi connectivity index (χ3n) is 2.49. The topological polar surface area (TPSA) is 29.5 Å². The average molecular weight is 158 g/mol. The van der Waals surface area contributed by atoms with Crippen LogP contribution >= 0.6 is 0 Å². The van der Waals surface area contributed by atoms with Crippen LogP contribution in [0.2, 0.25) is 0 Å². The van der Waals surface area contributed by atoms with Gasteiger partial charge in [0.2, 0.25) is 0 Å². The summed E-state index contributed by atoms with van der Waals surface area (Å²) in [6.45, 7) is 4.88. The zero-order valence-corrected chi connectivity index (χ0v) is 7.42. The molecule has 0 aliphatic carbocycles. The quantitative estimate of drug-likeness (QED) is 0.675. The molecule has 0 aromatic carbocycles. The highest BCUT2D eigenvalue weighted by molar-refractivity contribution is 4.72. The molecular formula is C9H18O2. The van der Waals surface area contributed by atoms with Gasteiger partial charge in [-0.1, -0.05) is 0 Å². The molecule has 0 radical (unpaired) electrons. The van der Waals surface area contributed by atoms with Crippen LogP contribution in [0, 0.1) is 5.92 Å². The van der Waals surface area contributed by atoms with E-state index in [1.54, 1.807) is 0 Å². The Hall–Kier alpha value is -0.0800. The Labute approximate surface area is 68.6 Å². The van der Waals surface area contributed by atoms with Gasteiger partial charge in [0.25, 0.3) is 0 Å². The minimum atomic E-state index is -0.150. The highest BCUT2D eigenvalue weighted by Crippen LogP contribution is 2.25.